The fraction of sp³-hybridized carbons (Fsp3) is 0.156. The number of aryl methyl sites for hydroxylation is 2. The quantitative estimate of drug-likeness (QED) is 0.247. The van der Waals surface area contributed by atoms with Gasteiger partial charge in [-0.15, -0.1) is 0 Å². The van der Waals surface area contributed by atoms with E-state index in [1.807, 2.05) is 18.3 Å². The maximum absolute atomic E-state index is 4.56. The van der Waals surface area contributed by atoms with E-state index in [0.717, 1.165) is 6.54 Å². The molecule has 2 nitrogen and oxygen atoms in total. The predicted octanol–water partition coefficient (Wildman–Crippen LogP) is 7.93. The Kier molecular flexibility index (Phi) is 11.8. The molecular weight excluding hydrogens is 500 g/mol. The second kappa shape index (κ2) is 14.3. The summed E-state index contributed by atoms with van der Waals surface area (Å²) >= 11 is 0. The van der Waals surface area contributed by atoms with Crippen molar-refractivity contribution in [2.45, 2.75) is 19.9 Å². The number of rotatable bonds is 3. The number of hydrogen-bond donors (Lipinski definition) is 0. The van der Waals surface area contributed by atoms with Crippen LogP contribution in [0.5, 0.6) is 0 Å². The molecule has 1 atom stereocenters. The molecule has 0 aromatic heterocycles. The van der Waals surface area contributed by atoms with Crippen molar-refractivity contribution in [3.05, 3.63) is 156 Å². The van der Waals surface area contributed by atoms with E-state index in [1.54, 1.807) is 0 Å². The minimum Gasteiger partial charge on any atom is -0.681 e. The first-order valence-corrected chi connectivity index (χ1v) is 11.5. The Morgan fingerprint density at radius 1 is 0.829 bits per heavy atom. The Morgan fingerprint density at radius 3 is 2.09 bits per heavy atom. The van der Waals surface area contributed by atoms with Crippen LogP contribution in [0.3, 0.4) is 0 Å². The van der Waals surface area contributed by atoms with Crippen molar-refractivity contribution in [3.63, 3.8) is 0 Å². The summed E-state index contributed by atoms with van der Waals surface area (Å²) in [5.41, 5.74) is 8.94. The van der Waals surface area contributed by atoms with Crippen LogP contribution in [0.4, 0.5) is 0 Å². The zero-order valence-electron chi connectivity index (χ0n) is 21.4. The minimum absolute atomic E-state index is 0. The molecule has 0 amide bonds. The normalized spacial score (nSPS) is 15.9. The zero-order valence-corrected chi connectivity index (χ0v) is 24.8. The van der Waals surface area contributed by atoms with Crippen molar-refractivity contribution in [3.8, 4) is 0 Å². The molecule has 2 aliphatic heterocycles. The summed E-state index contributed by atoms with van der Waals surface area (Å²) in [5.74, 6) is 0. The maximum atomic E-state index is 4.56. The first kappa shape index (κ1) is 28.9. The van der Waals surface area contributed by atoms with Crippen molar-refractivity contribution >= 4 is 56.8 Å². The van der Waals surface area contributed by atoms with Gasteiger partial charge < -0.3 is 17.6 Å². The molecule has 3 heteroatoms. The largest absolute Gasteiger partial charge is 2.00 e. The fourth-order valence-electron chi connectivity index (χ4n) is 4.18. The van der Waals surface area contributed by atoms with E-state index in [-0.39, 0.29) is 59.0 Å². The third-order valence-electron chi connectivity index (χ3n) is 5.78. The molecule has 3 aromatic carbocycles. The number of hydrogen-bond acceptors (Lipinski definition) is 1. The minimum atomic E-state index is 0. The van der Waals surface area contributed by atoms with E-state index in [2.05, 4.69) is 128 Å². The molecule has 2 heterocycles. The van der Waals surface area contributed by atoms with E-state index >= 15 is 0 Å². The molecule has 0 aliphatic carbocycles. The van der Waals surface area contributed by atoms with E-state index in [0.29, 0.717) is 0 Å². The van der Waals surface area contributed by atoms with Crippen LogP contribution in [0, 0.1) is 21.3 Å². The standard InChI is InChI=1S/C19H18N.C12H13N.CH3.Sr/c1-14-10-15(2)12-18(11-14)17-8-9-20-19(13-17)16-6-4-3-5-7-16;1-13-10-6-5-9-12(13)11-7-3-2-4-8-11;;/h3-13,19H,1-2H3;2-9H,10H2,1H3;1H3;/q-1;;-1;+2. The van der Waals surface area contributed by atoms with Crippen molar-refractivity contribution in [2.75, 3.05) is 13.6 Å². The Bertz CT molecular complexity index is 1170. The Balaban J connectivity index is 0.000000252. The molecule has 0 radical (unpaired) electrons. The number of likely N-dealkylation sites (N-methyl/N-ethyl adjacent to an activating group) is 1. The monoisotopic (exact) mass is 534 g/mol. The van der Waals surface area contributed by atoms with Crippen molar-refractivity contribution in [1.29, 1.82) is 0 Å². The third-order valence-corrected chi connectivity index (χ3v) is 5.78. The average molecular weight is 534 g/mol. The van der Waals surface area contributed by atoms with Crippen LogP contribution in [-0.4, -0.2) is 64.0 Å². The van der Waals surface area contributed by atoms with Crippen molar-refractivity contribution in [1.82, 2.24) is 4.90 Å². The van der Waals surface area contributed by atoms with Crippen LogP contribution in [-0.2, 0) is 0 Å². The predicted molar refractivity (Wildman–Crippen MR) is 154 cm³/mol. The summed E-state index contributed by atoms with van der Waals surface area (Å²) in [6.45, 7) is 5.28. The molecule has 174 valence electrons. The molecule has 0 bridgehead atoms. The molecule has 1 unspecified atom stereocenters. The molecule has 0 spiro atoms. The summed E-state index contributed by atoms with van der Waals surface area (Å²) in [4.78, 5) is 2.25. The van der Waals surface area contributed by atoms with Gasteiger partial charge in [-0.3, -0.25) is 0 Å². The molecule has 0 saturated carbocycles. The summed E-state index contributed by atoms with van der Waals surface area (Å²) in [6.07, 6.45) is 12.7. The topological polar surface area (TPSA) is 17.3 Å². The molecule has 0 saturated heterocycles. The summed E-state index contributed by atoms with van der Waals surface area (Å²) in [6, 6.07) is 27.7. The van der Waals surface area contributed by atoms with Gasteiger partial charge in [-0.05, 0) is 36.6 Å². The van der Waals surface area contributed by atoms with E-state index in [9.17, 15) is 0 Å². The Hall–Kier alpha value is -2.30. The van der Waals surface area contributed by atoms with Crippen molar-refractivity contribution in [2.24, 2.45) is 0 Å². The number of allylic oxidation sites excluding steroid dienone is 4. The number of nitrogens with zero attached hydrogens (tertiary/aromatic N) is 2. The zero-order chi connectivity index (χ0) is 23.0. The van der Waals surface area contributed by atoms with Gasteiger partial charge in [0, 0.05) is 19.3 Å². The molecular formula is C32H34N2Sr. The molecule has 3 aromatic rings. The smallest absolute Gasteiger partial charge is 0.681 e. The van der Waals surface area contributed by atoms with Crippen LogP contribution in [0.25, 0.3) is 16.6 Å². The molecule has 2 aliphatic rings. The Labute approximate surface area is 249 Å². The van der Waals surface area contributed by atoms with Gasteiger partial charge >= 0.3 is 45.5 Å². The molecule has 35 heavy (non-hydrogen) atoms. The van der Waals surface area contributed by atoms with Gasteiger partial charge in [0.1, 0.15) is 0 Å². The summed E-state index contributed by atoms with van der Waals surface area (Å²) in [5, 5.41) is 4.56. The Morgan fingerprint density at radius 2 is 1.46 bits per heavy atom. The second-order valence-electron chi connectivity index (χ2n) is 8.55. The second-order valence-corrected chi connectivity index (χ2v) is 8.55. The third kappa shape index (κ3) is 8.12. The average Bonchev–Trinajstić information content (AvgIpc) is 2.85. The van der Waals surface area contributed by atoms with Gasteiger partial charge in [-0.2, -0.15) is 6.20 Å². The fourth-order valence-corrected chi connectivity index (χ4v) is 4.18. The first-order chi connectivity index (χ1) is 16.1. The number of benzene rings is 3. The van der Waals surface area contributed by atoms with Gasteiger partial charge in [0.25, 0.3) is 0 Å². The van der Waals surface area contributed by atoms with Crippen LogP contribution in [0.1, 0.15) is 33.9 Å². The van der Waals surface area contributed by atoms with Crippen LogP contribution >= 0.6 is 0 Å². The van der Waals surface area contributed by atoms with Crippen molar-refractivity contribution < 1.29 is 0 Å². The van der Waals surface area contributed by atoms with Gasteiger partial charge in [0.2, 0.25) is 0 Å². The molecule has 0 fully saturated rings. The SMILES string of the molecule is CN1CC=CC=C1c1ccccc1.Cc1cc(C)cc(C2=CC(c3ccccc3)[N-]C=C2)c1.[CH3-].[Sr+2]. The van der Waals surface area contributed by atoms with Crippen LogP contribution in [0.15, 0.2) is 115 Å². The van der Waals surface area contributed by atoms with E-state index in [4.69, 9.17) is 0 Å². The van der Waals surface area contributed by atoms with Gasteiger partial charge in [-0.1, -0.05) is 126 Å². The van der Waals surface area contributed by atoms with E-state index < -0.39 is 0 Å². The van der Waals surface area contributed by atoms with Gasteiger partial charge in [-0.25, -0.2) is 0 Å². The van der Waals surface area contributed by atoms with Gasteiger partial charge in [0.05, 0.1) is 0 Å². The summed E-state index contributed by atoms with van der Waals surface area (Å²) in [7, 11) is 2.11. The van der Waals surface area contributed by atoms with Gasteiger partial charge in [0.15, 0.2) is 0 Å². The molecule has 5 rings (SSSR count). The molecule has 0 N–H and O–H groups in total. The maximum Gasteiger partial charge on any atom is 2.00 e. The first-order valence-electron chi connectivity index (χ1n) is 11.5. The summed E-state index contributed by atoms with van der Waals surface area (Å²) < 4.78 is 0. The van der Waals surface area contributed by atoms with E-state index in [1.165, 1.54) is 39.1 Å². The van der Waals surface area contributed by atoms with Crippen LogP contribution in [0.2, 0.25) is 0 Å². The van der Waals surface area contributed by atoms with Crippen LogP contribution < -0.4 is 0 Å².